The molecule has 2 aromatic rings. The Morgan fingerprint density at radius 2 is 1.68 bits per heavy atom. The minimum absolute atomic E-state index is 0.104. The van der Waals surface area contributed by atoms with Crippen molar-refractivity contribution in [2.24, 2.45) is 0 Å². The summed E-state index contributed by atoms with van der Waals surface area (Å²) in [7, 11) is 0. The molecule has 1 aromatic carbocycles. The van der Waals surface area contributed by atoms with Crippen LogP contribution in [0.4, 0.5) is 23.0 Å². The molecule has 0 unspecified atom stereocenters. The predicted molar refractivity (Wildman–Crippen MR) is 98.3 cm³/mol. The summed E-state index contributed by atoms with van der Waals surface area (Å²) in [5.74, 6) is 0.501. The van der Waals surface area contributed by atoms with Crippen LogP contribution in [0, 0.1) is 17.0 Å². The van der Waals surface area contributed by atoms with Gasteiger partial charge in [0, 0.05) is 11.7 Å². The van der Waals surface area contributed by atoms with Gasteiger partial charge in [0.2, 0.25) is 11.6 Å². The van der Waals surface area contributed by atoms with Gasteiger partial charge in [-0.15, -0.1) is 0 Å². The third kappa shape index (κ3) is 4.43. The van der Waals surface area contributed by atoms with Crippen molar-refractivity contribution in [2.75, 3.05) is 10.6 Å². The second kappa shape index (κ2) is 7.92. The molecule has 0 radical (unpaired) electrons. The summed E-state index contributed by atoms with van der Waals surface area (Å²) in [5.41, 5.74) is 1.78. The van der Waals surface area contributed by atoms with Crippen LogP contribution in [0.2, 0.25) is 0 Å². The number of nitrogens with one attached hydrogen (secondary N) is 2. The van der Waals surface area contributed by atoms with Crippen molar-refractivity contribution in [3.63, 3.8) is 0 Å². The zero-order valence-electron chi connectivity index (χ0n) is 14.4. The van der Waals surface area contributed by atoms with Gasteiger partial charge in [0.1, 0.15) is 6.33 Å². The Kier molecular flexibility index (Phi) is 5.42. The molecule has 0 saturated heterocycles. The second-order valence-corrected chi connectivity index (χ2v) is 6.50. The van der Waals surface area contributed by atoms with Gasteiger partial charge in [-0.2, -0.15) is 0 Å². The summed E-state index contributed by atoms with van der Waals surface area (Å²) < 4.78 is 0. The number of aryl methyl sites for hydroxylation is 1. The fraction of sp³-hybridized carbons (Fsp3) is 0.444. The Morgan fingerprint density at radius 1 is 1.04 bits per heavy atom. The predicted octanol–water partition coefficient (Wildman–Crippen LogP) is 4.57. The van der Waals surface area contributed by atoms with Crippen molar-refractivity contribution in [3.05, 3.63) is 46.3 Å². The molecule has 0 amide bonds. The summed E-state index contributed by atoms with van der Waals surface area (Å²) >= 11 is 0. The van der Waals surface area contributed by atoms with Gasteiger partial charge in [-0.25, -0.2) is 9.97 Å². The molecule has 1 heterocycles. The zero-order valence-corrected chi connectivity index (χ0v) is 14.4. The molecule has 1 aliphatic carbocycles. The van der Waals surface area contributed by atoms with Crippen molar-refractivity contribution in [1.29, 1.82) is 0 Å². The number of nitrogens with zero attached hydrogens (tertiary/aromatic N) is 3. The third-order valence-electron chi connectivity index (χ3n) is 4.52. The first-order chi connectivity index (χ1) is 12.1. The fourth-order valence-electron chi connectivity index (χ4n) is 3.14. The van der Waals surface area contributed by atoms with Gasteiger partial charge in [-0.1, -0.05) is 43.4 Å². The number of benzene rings is 1. The minimum Gasteiger partial charge on any atom is -0.361 e. The number of hydrogen-bond donors (Lipinski definition) is 2. The van der Waals surface area contributed by atoms with E-state index in [-0.39, 0.29) is 17.5 Å². The highest BCUT2D eigenvalue weighted by molar-refractivity contribution is 5.73. The van der Waals surface area contributed by atoms with Crippen LogP contribution in [0.3, 0.4) is 0 Å². The molecule has 25 heavy (non-hydrogen) atoms. The van der Waals surface area contributed by atoms with E-state index in [4.69, 9.17) is 0 Å². The molecule has 0 atom stereocenters. The lowest BCUT2D eigenvalue weighted by Crippen LogP contribution is -2.20. The number of rotatable bonds is 5. The van der Waals surface area contributed by atoms with Crippen LogP contribution in [0.15, 0.2) is 30.6 Å². The highest BCUT2D eigenvalue weighted by Gasteiger charge is 2.25. The van der Waals surface area contributed by atoms with E-state index in [0.717, 1.165) is 36.9 Å². The first-order valence-electron chi connectivity index (χ1n) is 8.73. The largest absolute Gasteiger partial charge is 0.361 e. The molecular weight excluding hydrogens is 318 g/mol. The lowest BCUT2D eigenvalue weighted by molar-refractivity contribution is -0.383. The van der Waals surface area contributed by atoms with Crippen molar-refractivity contribution < 1.29 is 4.92 Å². The fourth-order valence-corrected chi connectivity index (χ4v) is 3.14. The maximum atomic E-state index is 11.6. The van der Waals surface area contributed by atoms with E-state index >= 15 is 0 Å². The average Bonchev–Trinajstić information content (AvgIpc) is 2.85. The van der Waals surface area contributed by atoms with Crippen LogP contribution in [0.5, 0.6) is 0 Å². The smallest absolute Gasteiger partial charge is 0.353 e. The second-order valence-electron chi connectivity index (χ2n) is 6.50. The SMILES string of the molecule is Cc1ccc(Nc2ncnc(NC3CCCCCC3)c2[N+](=O)[O-])cc1. The van der Waals surface area contributed by atoms with Gasteiger partial charge in [0.15, 0.2) is 0 Å². The van der Waals surface area contributed by atoms with Gasteiger partial charge in [0.25, 0.3) is 0 Å². The topological polar surface area (TPSA) is 93.0 Å². The molecule has 3 rings (SSSR count). The monoisotopic (exact) mass is 341 g/mol. The van der Waals surface area contributed by atoms with E-state index in [0.29, 0.717) is 5.82 Å². The number of hydrogen-bond acceptors (Lipinski definition) is 6. The van der Waals surface area contributed by atoms with E-state index in [9.17, 15) is 10.1 Å². The molecular formula is C18H23N5O2. The first-order valence-corrected chi connectivity index (χ1v) is 8.73. The lowest BCUT2D eigenvalue weighted by atomic mass is 10.1. The Hall–Kier alpha value is -2.70. The highest BCUT2D eigenvalue weighted by Crippen LogP contribution is 2.32. The Balaban J connectivity index is 1.85. The summed E-state index contributed by atoms with van der Waals surface area (Å²) in [5, 5.41) is 18.0. The van der Waals surface area contributed by atoms with E-state index in [1.165, 1.54) is 19.2 Å². The standard InChI is InChI=1S/C18H23N5O2/c1-13-8-10-15(11-9-13)22-18-16(23(24)25)17(19-12-20-18)21-14-6-4-2-3-5-7-14/h8-12,14H,2-7H2,1H3,(H2,19,20,21,22). The van der Waals surface area contributed by atoms with E-state index in [2.05, 4.69) is 20.6 Å². The average molecular weight is 341 g/mol. The van der Waals surface area contributed by atoms with Gasteiger partial charge in [-0.3, -0.25) is 10.1 Å². The quantitative estimate of drug-likeness (QED) is 0.470. The zero-order chi connectivity index (χ0) is 17.6. The number of aromatic nitrogens is 2. The maximum absolute atomic E-state index is 11.6. The number of nitro groups is 1. The molecule has 1 saturated carbocycles. The Bertz CT molecular complexity index is 725. The molecule has 132 valence electrons. The molecule has 0 spiro atoms. The summed E-state index contributed by atoms with van der Waals surface area (Å²) in [6, 6.07) is 7.86. The van der Waals surface area contributed by atoms with Crippen molar-refractivity contribution in [2.45, 2.75) is 51.5 Å². The summed E-state index contributed by atoms with van der Waals surface area (Å²) in [4.78, 5) is 19.4. The Labute approximate surface area is 147 Å². The molecule has 7 nitrogen and oxygen atoms in total. The van der Waals surface area contributed by atoms with Gasteiger partial charge >= 0.3 is 5.69 Å². The van der Waals surface area contributed by atoms with Gasteiger partial charge in [-0.05, 0) is 31.9 Å². The van der Waals surface area contributed by atoms with Crippen LogP contribution in [0.25, 0.3) is 0 Å². The molecule has 0 aliphatic heterocycles. The van der Waals surface area contributed by atoms with Crippen LogP contribution in [-0.4, -0.2) is 20.9 Å². The number of anilines is 3. The first kappa shape index (κ1) is 17.1. The van der Waals surface area contributed by atoms with E-state index in [1.54, 1.807) is 0 Å². The normalized spacial score (nSPS) is 15.4. The molecule has 1 aliphatic rings. The Morgan fingerprint density at radius 3 is 2.32 bits per heavy atom. The lowest BCUT2D eigenvalue weighted by Gasteiger charge is -2.17. The molecule has 0 bridgehead atoms. The van der Waals surface area contributed by atoms with Crippen molar-refractivity contribution in [3.8, 4) is 0 Å². The molecule has 1 fully saturated rings. The van der Waals surface area contributed by atoms with Gasteiger partial charge in [0.05, 0.1) is 4.92 Å². The van der Waals surface area contributed by atoms with Crippen LogP contribution < -0.4 is 10.6 Å². The highest BCUT2D eigenvalue weighted by atomic mass is 16.6. The minimum atomic E-state index is -0.421. The van der Waals surface area contributed by atoms with Crippen LogP contribution >= 0.6 is 0 Å². The van der Waals surface area contributed by atoms with Crippen LogP contribution in [0.1, 0.15) is 44.1 Å². The molecule has 1 aromatic heterocycles. The third-order valence-corrected chi connectivity index (χ3v) is 4.52. The molecule has 2 N–H and O–H groups in total. The molecule has 7 heteroatoms. The summed E-state index contributed by atoms with van der Waals surface area (Å²) in [6.45, 7) is 1.99. The van der Waals surface area contributed by atoms with Crippen molar-refractivity contribution in [1.82, 2.24) is 9.97 Å². The van der Waals surface area contributed by atoms with Gasteiger partial charge < -0.3 is 10.6 Å². The van der Waals surface area contributed by atoms with E-state index < -0.39 is 4.92 Å². The summed E-state index contributed by atoms with van der Waals surface area (Å²) in [6.07, 6.45) is 8.14. The van der Waals surface area contributed by atoms with Crippen LogP contribution in [-0.2, 0) is 0 Å². The maximum Gasteiger partial charge on any atom is 0.353 e. The van der Waals surface area contributed by atoms with Crippen molar-refractivity contribution >= 4 is 23.0 Å². The van der Waals surface area contributed by atoms with E-state index in [1.807, 2.05) is 31.2 Å².